The molecule has 12 heavy (non-hydrogen) atoms. The fraction of sp³-hybridized carbons (Fsp3) is 0.333. The lowest BCUT2D eigenvalue weighted by Crippen LogP contribution is -1.88. The zero-order valence-corrected chi connectivity index (χ0v) is 7.41. The third-order valence-corrected chi connectivity index (χ3v) is 2.04. The van der Waals surface area contributed by atoms with Gasteiger partial charge in [-0.25, -0.2) is 8.78 Å². The van der Waals surface area contributed by atoms with Gasteiger partial charge in [0.05, 0.1) is 0 Å². The highest BCUT2D eigenvalue weighted by Crippen LogP contribution is 2.27. The van der Waals surface area contributed by atoms with E-state index in [1.54, 1.807) is 12.1 Å². The van der Waals surface area contributed by atoms with Crippen molar-refractivity contribution in [2.24, 2.45) is 0 Å². The topological polar surface area (TPSA) is 0 Å². The van der Waals surface area contributed by atoms with E-state index < -0.39 is 6.43 Å². The highest BCUT2D eigenvalue weighted by atomic mass is 35.5. The molecule has 0 aliphatic heterocycles. The number of benzene rings is 1. The molecule has 0 aliphatic rings. The lowest BCUT2D eigenvalue weighted by Gasteiger charge is -2.04. The molecule has 0 heterocycles. The lowest BCUT2D eigenvalue weighted by atomic mass is 10.1. The summed E-state index contributed by atoms with van der Waals surface area (Å²) in [6, 6.07) is 4.64. The van der Waals surface area contributed by atoms with Crippen molar-refractivity contribution >= 4 is 11.6 Å². The van der Waals surface area contributed by atoms with Gasteiger partial charge >= 0.3 is 0 Å². The molecular weight excluding hydrogens is 182 g/mol. The zero-order chi connectivity index (χ0) is 9.14. The number of hydrogen-bond donors (Lipinski definition) is 0. The van der Waals surface area contributed by atoms with Crippen LogP contribution in [-0.4, -0.2) is 0 Å². The minimum Gasteiger partial charge on any atom is -0.205 e. The van der Waals surface area contributed by atoms with E-state index in [2.05, 4.69) is 0 Å². The molecule has 0 aliphatic carbocycles. The van der Waals surface area contributed by atoms with Gasteiger partial charge in [-0.3, -0.25) is 0 Å². The Hall–Kier alpha value is -0.630. The van der Waals surface area contributed by atoms with Crippen molar-refractivity contribution < 1.29 is 8.78 Å². The smallest absolute Gasteiger partial charge is 0.205 e. The third kappa shape index (κ3) is 1.95. The molecule has 0 aromatic heterocycles. The summed E-state index contributed by atoms with van der Waals surface area (Å²) in [7, 11) is 0. The Labute approximate surface area is 75.2 Å². The van der Waals surface area contributed by atoms with E-state index in [1.165, 1.54) is 6.07 Å². The average molecular weight is 191 g/mol. The van der Waals surface area contributed by atoms with E-state index in [-0.39, 0.29) is 10.6 Å². The predicted octanol–water partition coefficient (Wildman–Crippen LogP) is 3.84. The van der Waals surface area contributed by atoms with Gasteiger partial charge in [0, 0.05) is 10.6 Å². The summed E-state index contributed by atoms with van der Waals surface area (Å²) in [5, 5.41) is 0.157. The molecule has 1 rings (SSSR count). The second kappa shape index (κ2) is 3.85. The fourth-order valence-corrected chi connectivity index (χ4v) is 1.25. The van der Waals surface area contributed by atoms with Crippen LogP contribution in [0.1, 0.15) is 24.5 Å². The van der Waals surface area contributed by atoms with Gasteiger partial charge in [-0.1, -0.05) is 30.7 Å². The van der Waals surface area contributed by atoms with Crippen molar-refractivity contribution in [2.75, 3.05) is 0 Å². The number of rotatable bonds is 2. The highest BCUT2D eigenvalue weighted by Gasteiger charge is 2.10. The van der Waals surface area contributed by atoms with Crippen LogP contribution in [0.2, 0.25) is 5.02 Å². The largest absolute Gasteiger partial charge is 0.265 e. The number of hydrogen-bond acceptors (Lipinski definition) is 0. The Bertz CT molecular complexity index is 271. The van der Waals surface area contributed by atoms with Gasteiger partial charge in [0.2, 0.25) is 0 Å². The fourth-order valence-electron chi connectivity index (χ4n) is 0.968. The van der Waals surface area contributed by atoms with Crippen molar-refractivity contribution in [1.82, 2.24) is 0 Å². The summed E-state index contributed by atoms with van der Waals surface area (Å²) in [6.07, 6.45) is -1.67. The van der Waals surface area contributed by atoms with Gasteiger partial charge in [-0.2, -0.15) is 0 Å². The van der Waals surface area contributed by atoms with E-state index in [0.717, 1.165) is 12.0 Å². The Morgan fingerprint density at radius 1 is 1.42 bits per heavy atom. The molecule has 0 atom stereocenters. The second-order valence-corrected chi connectivity index (χ2v) is 2.92. The van der Waals surface area contributed by atoms with Gasteiger partial charge in [0.25, 0.3) is 6.43 Å². The first-order valence-electron chi connectivity index (χ1n) is 3.71. The molecule has 0 fully saturated rings. The Morgan fingerprint density at radius 3 is 2.50 bits per heavy atom. The van der Waals surface area contributed by atoms with Crippen LogP contribution in [0.5, 0.6) is 0 Å². The second-order valence-electron chi connectivity index (χ2n) is 2.51. The van der Waals surface area contributed by atoms with Crippen LogP contribution >= 0.6 is 11.6 Å². The van der Waals surface area contributed by atoms with E-state index in [4.69, 9.17) is 11.6 Å². The van der Waals surface area contributed by atoms with Crippen LogP contribution in [0, 0.1) is 0 Å². The molecule has 0 saturated carbocycles. The Balaban J connectivity index is 3.03. The molecule has 0 amide bonds. The van der Waals surface area contributed by atoms with Crippen LogP contribution in [-0.2, 0) is 6.42 Å². The van der Waals surface area contributed by atoms with Crippen molar-refractivity contribution in [3.05, 3.63) is 34.3 Å². The summed E-state index contributed by atoms with van der Waals surface area (Å²) >= 11 is 5.62. The first-order chi connectivity index (χ1) is 5.65. The summed E-state index contributed by atoms with van der Waals surface area (Å²) < 4.78 is 24.4. The summed E-state index contributed by atoms with van der Waals surface area (Å²) in [5.74, 6) is 0. The summed E-state index contributed by atoms with van der Waals surface area (Å²) in [4.78, 5) is 0. The van der Waals surface area contributed by atoms with Gasteiger partial charge in [-0.15, -0.1) is 0 Å². The molecular formula is C9H9ClF2. The maximum Gasteiger partial charge on any atom is 0.265 e. The van der Waals surface area contributed by atoms with Crippen LogP contribution in [0.25, 0.3) is 0 Å². The first kappa shape index (κ1) is 9.46. The maximum absolute atomic E-state index is 12.2. The minimum atomic E-state index is -2.48. The minimum absolute atomic E-state index is 0.0890. The molecule has 0 unspecified atom stereocenters. The van der Waals surface area contributed by atoms with Crippen molar-refractivity contribution in [3.8, 4) is 0 Å². The summed E-state index contributed by atoms with van der Waals surface area (Å²) in [6.45, 7) is 1.95. The normalized spacial score (nSPS) is 10.8. The first-order valence-corrected chi connectivity index (χ1v) is 4.09. The molecule has 0 spiro atoms. The van der Waals surface area contributed by atoms with Crippen molar-refractivity contribution in [1.29, 1.82) is 0 Å². The van der Waals surface area contributed by atoms with Gasteiger partial charge in [0.15, 0.2) is 0 Å². The van der Waals surface area contributed by atoms with Gasteiger partial charge in [0.1, 0.15) is 0 Å². The van der Waals surface area contributed by atoms with Gasteiger partial charge < -0.3 is 0 Å². The molecule has 66 valence electrons. The number of halogens is 3. The molecule has 0 N–H and O–H groups in total. The van der Waals surface area contributed by atoms with Crippen LogP contribution < -0.4 is 0 Å². The number of alkyl halides is 2. The van der Waals surface area contributed by atoms with Crippen LogP contribution in [0.4, 0.5) is 8.78 Å². The molecule has 0 bridgehead atoms. The molecule has 0 saturated heterocycles. The quantitative estimate of drug-likeness (QED) is 0.665. The molecule has 3 heteroatoms. The Morgan fingerprint density at radius 2 is 2.08 bits per heavy atom. The standard InChI is InChI=1S/C9H9ClF2/c1-2-6-3-4-7(9(11)12)8(10)5-6/h3-5,9H,2H2,1H3. The molecule has 1 aromatic carbocycles. The van der Waals surface area contributed by atoms with Crippen LogP contribution in [0.3, 0.4) is 0 Å². The number of aryl methyl sites for hydroxylation is 1. The molecule has 0 radical (unpaired) electrons. The van der Waals surface area contributed by atoms with E-state index in [9.17, 15) is 8.78 Å². The van der Waals surface area contributed by atoms with E-state index in [0.29, 0.717) is 0 Å². The maximum atomic E-state index is 12.2. The average Bonchev–Trinajstić information content (AvgIpc) is 2.03. The summed E-state index contributed by atoms with van der Waals surface area (Å²) in [5.41, 5.74) is 0.887. The highest BCUT2D eigenvalue weighted by molar-refractivity contribution is 6.31. The van der Waals surface area contributed by atoms with Crippen LogP contribution in [0.15, 0.2) is 18.2 Å². The Kier molecular flexibility index (Phi) is 3.04. The van der Waals surface area contributed by atoms with Gasteiger partial charge in [-0.05, 0) is 18.1 Å². The molecule has 0 nitrogen and oxygen atoms in total. The van der Waals surface area contributed by atoms with Crippen molar-refractivity contribution in [3.63, 3.8) is 0 Å². The monoisotopic (exact) mass is 190 g/mol. The van der Waals surface area contributed by atoms with E-state index in [1.807, 2.05) is 6.92 Å². The third-order valence-electron chi connectivity index (χ3n) is 1.71. The lowest BCUT2D eigenvalue weighted by molar-refractivity contribution is 0.151. The van der Waals surface area contributed by atoms with E-state index >= 15 is 0 Å². The van der Waals surface area contributed by atoms with Crippen molar-refractivity contribution in [2.45, 2.75) is 19.8 Å². The predicted molar refractivity (Wildman–Crippen MR) is 45.8 cm³/mol. The zero-order valence-electron chi connectivity index (χ0n) is 6.65. The molecule has 1 aromatic rings. The SMILES string of the molecule is CCc1ccc(C(F)F)c(Cl)c1.